The van der Waals surface area contributed by atoms with Gasteiger partial charge in [-0.2, -0.15) is 0 Å². The predicted molar refractivity (Wildman–Crippen MR) is 108 cm³/mol. The van der Waals surface area contributed by atoms with Crippen molar-refractivity contribution in [3.63, 3.8) is 0 Å². The smallest absolute Gasteiger partial charge is 0.156 e. The highest BCUT2D eigenvalue weighted by molar-refractivity contribution is 5.86. The average molecular weight is 338 g/mol. The van der Waals surface area contributed by atoms with E-state index < -0.39 is 0 Å². The molecule has 0 radical (unpaired) electrons. The Morgan fingerprint density at radius 3 is 2.48 bits per heavy atom. The van der Waals surface area contributed by atoms with Gasteiger partial charge in [0.05, 0.1) is 5.69 Å². The molecular formula is C21H30N4. The monoisotopic (exact) mass is 338 g/mol. The Bertz CT molecular complexity index is 759. The van der Waals surface area contributed by atoms with E-state index >= 15 is 0 Å². The van der Waals surface area contributed by atoms with Crippen LogP contribution in [0.25, 0.3) is 0 Å². The van der Waals surface area contributed by atoms with Crippen molar-refractivity contribution in [3.05, 3.63) is 40.6 Å². The molecule has 2 heterocycles. The summed E-state index contributed by atoms with van der Waals surface area (Å²) >= 11 is 0. The topological polar surface area (TPSA) is 40.2 Å². The van der Waals surface area contributed by atoms with E-state index in [1.54, 1.807) is 0 Å². The Kier molecular flexibility index (Phi) is 4.89. The number of rotatable bonds is 4. The molecule has 1 aromatic heterocycles. The van der Waals surface area contributed by atoms with Gasteiger partial charge in [0.2, 0.25) is 0 Å². The Labute approximate surface area is 151 Å². The number of pyridine rings is 1. The highest BCUT2D eigenvalue weighted by Crippen LogP contribution is 2.39. The molecule has 1 aliphatic rings. The summed E-state index contributed by atoms with van der Waals surface area (Å²) in [4.78, 5) is 7.31. The van der Waals surface area contributed by atoms with Crippen LogP contribution in [0.5, 0.6) is 0 Å². The summed E-state index contributed by atoms with van der Waals surface area (Å²) in [6.45, 7) is 15.1. The first-order chi connectivity index (χ1) is 11.9. The predicted octanol–water partition coefficient (Wildman–Crippen LogP) is 5.09. The minimum absolute atomic E-state index is 0.526. The largest absolute Gasteiger partial charge is 0.379 e. The van der Waals surface area contributed by atoms with E-state index in [1.165, 1.54) is 22.4 Å². The van der Waals surface area contributed by atoms with Crippen LogP contribution in [0, 0.1) is 27.7 Å². The molecule has 1 unspecified atom stereocenters. The first kappa shape index (κ1) is 17.6. The van der Waals surface area contributed by atoms with Crippen LogP contribution >= 0.6 is 0 Å². The van der Waals surface area contributed by atoms with E-state index in [0.29, 0.717) is 6.04 Å². The number of aromatic nitrogens is 1. The third kappa shape index (κ3) is 3.44. The summed E-state index contributed by atoms with van der Waals surface area (Å²) in [6, 6.07) is 7.17. The van der Waals surface area contributed by atoms with Gasteiger partial charge in [0, 0.05) is 30.5 Å². The molecule has 4 heteroatoms. The highest BCUT2D eigenvalue weighted by atomic mass is 15.2. The van der Waals surface area contributed by atoms with Gasteiger partial charge in [0.25, 0.3) is 0 Å². The molecule has 134 valence electrons. The summed E-state index contributed by atoms with van der Waals surface area (Å²) in [5.74, 6) is 0.929. The number of fused-ring (bicyclic) bond motifs is 1. The lowest BCUT2D eigenvalue weighted by atomic mass is 10.0. The first-order valence-electron chi connectivity index (χ1n) is 9.27. The van der Waals surface area contributed by atoms with Crippen molar-refractivity contribution in [1.29, 1.82) is 0 Å². The van der Waals surface area contributed by atoms with Gasteiger partial charge >= 0.3 is 0 Å². The van der Waals surface area contributed by atoms with Crippen LogP contribution in [0.4, 0.5) is 22.9 Å². The van der Waals surface area contributed by atoms with Crippen LogP contribution in [-0.2, 0) is 0 Å². The van der Waals surface area contributed by atoms with Crippen LogP contribution in [0.2, 0.25) is 0 Å². The van der Waals surface area contributed by atoms with E-state index in [-0.39, 0.29) is 0 Å². The molecule has 2 N–H and O–H groups in total. The second-order valence-electron chi connectivity index (χ2n) is 7.28. The number of hydrogen-bond donors (Lipinski definition) is 2. The van der Waals surface area contributed by atoms with Crippen molar-refractivity contribution in [2.45, 2.75) is 54.0 Å². The van der Waals surface area contributed by atoms with Gasteiger partial charge in [-0.15, -0.1) is 0 Å². The van der Waals surface area contributed by atoms with Crippen molar-refractivity contribution >= 4 is 22.9 Å². The number of nitrogens with zero attached hydrogens (tertiary/aromatic N) is 2. The van der Waals surface area contributed by atoms with Gasteiger partial charge in [0.1, 0.15) is 5.69 Å². The second-order valence-corrected chi connectivity index (χ2v) is 7.28. The van der Waals surface area contributed by atoms with Crippen molar-refractivity contribution in [2.24, 2.45) is 0 Å². The van der Waals surface area contributed by atoms with E-state index in [2.05, 4.69) is 75.3 Å². The Hall–Kier alpha value is -2.23. The Morgan fingerprint density at radius 1 is 1.16 bits per heavy atom. The summed E-state index contributed by atoms with van der Waals surface area (Å²) in [6.07, 6.45) is 1.14. The number of nitrogens with one attached hydrogen (secondary N) is 2. The molecule has 0 spiro atoms. The molecule has 0 aliphatic carbocycles. The van der Waals surface area contributed by atoms with Gasteiger partial charge in [-0.05, 0) is 58.2 Å². The number of anilines is 4. The van der Waals surface area contributed by atoms with Gasteiger partial charge in [-0.3, -0.25) is 0 Å². The lowest BCUT2D eigenvalue weighted by Gasteiger charge is -2.37. The van der Waals surface area contributed by atoms with Crippen molar-refractivity contribution in [2.75, 3.05) is 28.6 Å². The fraction of sp³-hybridized carbons (Fsp3) is 0.476. The molecule has 1 aliphatic heterocycles. The third-order valence-electron chi connectivity index (χ3n) is 5.13. The lowest BCUT2D eigenvalue weighted by molar-refractivity contribution is 0.615. The molecule has 1 aromatic carbocycles. The van der Waals surface area contributed by atoms with Crippen LogP contribution in [0.1, 0.15) is 42.7 Å². The Morgan fingerprint density at radius 2 is 1.84 bits per heavy atom. The zero-order chi connectivity index (χ0) is 18.1. The summed E-state index contributed by atoms with van der Waals surface area (Å²) in [7, 11) is 0. The molecule has 0 bridgehead atoms. The lowest BCUT2D eigenvalue weighted by Crippen LogP contribution is -2.40. The average Bonchev–Trinajstić information content (AvgIpc) is 2.56. The molecular weight excluding hydrogens is 308 g/mol. The molecule has 0 fully saturated rings. The molecule has 25 heavy (non-hydrogen) atoms. The van der Waals surface area contributed by atoms with E-state index in [9.17, 15) is 0 Å². The molecule has 1 atom stereocenters. The van der Waals surface area contributed by atoms with Crippen molar-refractivity contribution in [1.82, 2.24) is 4.98 Å². The maximum atomic E-state index is 4.81. The SMILES string of the molecule is CCC(C)N1CCNc2c1cc(C)nc2Nc1c(C)cc(C)cc1C. The second kappa shape index (κ2) is 6.95. The minimum atomic E-state index is 0.526. The summed E-state index contributed by atoms with van der Waals surface area (Å²) in [5, 5.41) is 7.19. The van der Waals surface area contributed by atoms with Crippen LogP contribution in [-0.4, -0.2) is 24.1 Å². The highest BCUT2D eigenvalue weighted by Gasteiger charge is 2.24. The van der Waals surface area contributed by atoms with Crippen LogP contribution in [0.15, 0.2) is 18.2 Å². The quantitative estimate of drug-likeness (QED) is 0.815. The summed E-state index contributed by atoms with van der Waals surface area (Å²) < 4.78 is 0. The van der Waals surface area contributed by atoms with Crippen LogP contribution in [0.3, 0.4) is 0 Å². The molecule has 0 amide bonds. The zero-order valence-electron chi connectivity index (χ0n) is 16.3. The third-order valence-corrected chi connectivity index (χ3v) is 5.13. The molecule has 0 saturated heterocycles. The molecule has 3 rings (SSSR count). The zero-order valence-corrected chi connectivity index (χ0v) is 16.3. The van der Waals surface area contributed by atoms with Crippen LogP contribution < -0.4 is 15.5 Å². The Balaban J connectivity index is 2.05. The van der Waals surface area contributed by atoms with Crippen molar-refractivity contribution in [3.8, 4) is 0 Å². The van der Waals surface area contributed by atoms with Gasteiger partial charge in [0.15, 0.2) is 5.82 Å². The first-order valence-corrected chi connectivity index (χ1v) is 9.27. The van der Waals surface area contributed by atoms with Gasteiger partial charge < -0.3 is 15.5 Å². The molecule has 4 nitrogen and oxygen atoms in total. The number of aryl methyl sites for hydroxylation is 4. The molecule has 2 aromatic rings. The van der Waals surface area contributed by atoms with Crippen molar-refractivity contribution < 1.29 is 0 Å². The minimum Gasteiger partial charge on any atom is -0.379 e. The fourth-order valence-corrected chi connectivity index (χ4v) is 3.74. The van der Waals surface area contributed by atoms with E-state index in [4.69, 9.17) is 4.98 Å². The molecule has 0 saturated carbocycles. The van der Waals surface area contributed by atoms with Gasteiger partial charge in [-0.25, -0.2) is 4.98 Å². The van der Waals surface area contributed by atoms with E-state index in [0.717, 1.165) is 42.4 Å². The fourth-order valence-electron chi connectivity index (χ4n) is 3.74. The summed E-state index contributed by atoms with van der Waals surface area (Å²) in [5.41, 5.74) is 8.39. The van der Waals surface area contributed by atoms with E-state index in [1.807, 2.05) is 0 Å². The number of hydrogen-bond acceptors (Lipinski definition) is 4. The maximum Gasteiger partial charge on any atom is 0.156 e. The number of benzene rings is 1. The normalized spacial score (nSPS) is 14.7. The standard InChI is InChI=1S/C21H30N4/c1-7-17(6)25-9-8-22-20-18(25)12-16(5)23-21(20)24-19-14(3)10-13(2)11-15(19)4/h10-12,17,22H,7-9H2,1-6H3,(H,23,24). The maximum absolute atomic E-state index is 4.81. The van der Waals surface area contributed by atoms with Gasteiger partial charge in [-0.1, -0.05) is 24.6 Å².